The van der Waals surface area contributed by atoms with Gasteiger partial charge in [-0.25, -0.2) is 0 Å². The standard InChI is InChI=1S/C18H19ClN2O4S/c19-13-5-6-14(22)12(9-13)10-15-17(24)21(18(25)26-15)11-16(23)20-7-3-1-2-4-8-20/h5-6,9-10,22H,1-4,7-8,11H2/b15-10+. The van der Waals surface area contributed by atoms with E-state index < -0.39 is 11.1 Å². The molecule has 0 aliphatic carbocycles. The first-order chi connectivity index (χ1) is 12.5. The summed E-state index contributed by atoms with van der Waals surface area (Å²) in [4.78, 5) is 40.0. The summed E-state index contributed by atoms with van der Waals surface area (Å²) in [5.41, 5.74) is 0.349. The van der Waals surface area contributed by atoms with Gasteiger partial charge in [0.2, 0.25) is 5.91 Å². The second kappa shape index (κ2) is 8.14. The molecule has 26 heavy (non-hydrogen) atoms. The van der Waals surface area contributed by atoms with Gasteiger partial charge in [0, 0.05) is 23.7 Å². The van der Waals surface area contributed by atoms with Gasteiger partial charge in [0.15, 0.2) is 0 Å². The van der Waals surface area contributed by atoms with Crippen molar-refractivity contribution in [3.63, 3.8) is 0 Å². The van der Waals surface area contributed by atoms with E-state index in [0.29, 0.717) is 23.7 Å². The Morgan fingerprint density at radius 1 is 1.19 bits per heavy atom. The Kier molecular flexibility index (Phi) is 5.88. The highest BCUT2D eigenvalue weighted by molar-refractivity contribution is 8.18. The van der Waals surface area contributed by atoms with Gasteiger partial charge in [-0.05, 0) is 48.9 Å². The summed E-state index contributed by atoms with van der Waals surface area (Å²) >= 11 is 6.66. The first kappa shape index (κ1) is 18.8. The lowest BCUT2D eigenvalue weighted by Crippen LogP contribution is -2.42. The number of imide groups is 1. The van der Waals surface area contributed by atoms with Crippen LogP contribution in [0, 0.1) is 0 Å². The van der Waals surface area contributed by atoms with Gasteiger partial charge in [0.25, 0.3) is 11.1 Å². The Bertz CT molecular complexity index is 772. The van der Waals surface area contributed by atoms with Crippen LogP contribution in [0.3, 0.4) is 0 Å². The monoisotopic (exact) mass is 394 g/mol. The number of benzene rings is 1. The number of likely N-dealkylation sites (tertiary alicyclic amines) is 1. The predicted molar refractivity (Wildman–Crippen MR) is 101 cm³/mol. The Balaban J connectivity index is 1.73. The van der Waals surface area contributed by atoms with E-state index in [-0.39, 0.29) is 23.1 Å². The van der Waals surface area contributed by atoms with Crippen LogP contribution >= 0.6 is 23.4 Å². The fraction of sp³-hybridized carbons (Fsp3) is 0.389. The molecule has 3 rings (SSSR count). The highest BCUT2D eigenvalue weighted by Crippen LogP contribution is 2.34. The summed E-state index contributed by atoms with van der Waals surface area (Å²) in [5, 5.41) is 9.80. The van der Waals surface area contributed by atoms with Crippen molar-refractivity contribution in [1.29, 1.82) is 0 Å². The number of aromatic hydroxyl groups is 1. The molecule has 2 aliphatic rings. The van der Waals surface area contributed by atoms with Crippen molar-refractivity contribution in [2.45, 2.75) is 25.7 Å². The number of rotatable bonds is 3. The summed E-state index contributed by atoms with van der Waals surface area (Å²) in [6.45, 7) is 1.09. The van der Waals surface area contributed by atoms with Gasteiger partial charge in [-0.2, -0.15) is 0 Å². The van der Waals surface area contributed by atoms with E-state index in [0.717, 1.165) is 42.3 Å². The number of hydrogen-bond acceptors (Lipinski definition) is 5. The van der Waals surface area contributed by atoms with E-state index in [1.807, 2.05) is 0 Å². The second-order valence-electron chi connectivity index (χ2n) is 6.27. The summed E-state index contributed by atoms with van der Waals surface area (Å²) < 4.78 is 0. The summed E-state index contributed by atoms with van der Waals surface area (Å²) in [5.74, 6) is -0.773. The molecule has 2 heterocycles. The number of phenolic OH excluding ortho intramolecular Hbond substituents is 1. The molecule has 0 radical (unpaired) electrons. The molecule has 0 atom stereocenters. The molecule has 6 nitrogen and oxygen atoms in total. The summed E-state index contributed by atoms with van der Waals surface area (Å²) in [7, 11) is 0. The number of carbonyl (C=O) groups excluding carboxylic acids is 3. The number of phenols is 1. The molecule has 2 aliphatic heterocycles. The molecular weight excluding hydrogens is 376 g/mol. The van der Waals surface area contributed by atoms with Crippen molar-refractivity contribution in [3.05, 3.63) is 33.7 Å². The summed E-state index contributed by atoms with van der Waals surface area (Å²) in [6, 6.07) is 4.45. The van der Waals surface area contributed by atoms with E-state index in [1.54, 1.807) is 4.90 Å². The van der Waals surface area contributed by atoms with Gasteiger partial charge in [-0.15, -0.1) is 0 Å². The Labute approximate surface area is 160 Å². The molecule has 1 N–H and O–H groups in total. The van der Waals surface area contributed by atoms with Crippen LogP contribution in [0.15, 0.2) is 23.1 Å². The topological polar surface area (TPSA) is 77.9 Å². The van der Waals surface area contributed by atoms with Crippen molar-refractivity contribution >= 4 is 46.5 Å². The predicted octanol–water partition coefficient (Wildman–Crippen LogP) is 3.48. The Morgan fingerprint density at radius 2 is 1.88 bits per heavy atom. The third-order valence-corrected chi connectivity index (χ3v) is 5.54. The first-order valence-corrected chi connectivity index (χ1v) is 9.67. The van der Waals surface area contributed by atoms with Gasteiger partial charge in [-0.1, -0.05) is 24.4 Å². The third kappa shape index (κ3) is 4.22. The molecule has 0 unspecified atom stereocenters. The zero-order valence-corrected chi connectivity index (χ0v) is 15.7. The van der Waals surface area contributed by atoms with Crippen LogP contribution in [0.4, 0.5) is 4.79 Å². The number of amides is 3. The number of nitrogens with zero attached hydrogens (tertiary/aromatic N) is 2. The van der Waals surface area contributed by atoms with Crippen LogP contribution in [-0.4, -0.2) is 51.6 Å². The van der Waals surface area contributed by atoms with Gasteiger partial charge in [-0.3, -0.25) is 19.3 Å². The van der Waals surface area contributed by atoms with E-state index in [4.69, 9.17) is 11.6 Å². The third-order valence-electron chi connectivity index (χ3n) is 4.40. The van der Waals surface area contributed by atoms with E-state index >= 15 is 0 Å². The SMILES string of the molecule is O=C(CN1C(=O)S/C(=C/c2cc(Cl)ccc2O)C1=O)N1CCCCCC1. The molecule has 2 saturated heterocycles. The van der Waals surface area contributed by atoms with Crippen molar-refractivity contribution in [2.24, 2.45) is 0 Å². The number of carbonyl (C=O) groups is 3. The molecule has 1 aromatic carbocycles. The van der Waals surface area contributed by atoms with Crippen molar-refractivity contribution in [1.82, 2.24) is 9.80 Å². The maximum absolute atomic E-state index is 12.5. The van der Waals surface area contributed by atoms with E-state index in [2.05, 4.69) is 0 Å². The lowest BCUT2D eigenvalue weighted by molar-refractivity contribution is -0.135. The number of hydrogen-bond donors (Lipinski definition) is 1. The van der Waals surface area contributed by atoms with E-state index in [1.165, 1.54) is 24.3 Å². The van der Waals surface area contributed by atoms with Gasteiger partial charge in [0.1, 0.15) is 12.3 Å². The van der Waals surface area contributed by atoms with Crippen LogP contribution < -0.4 is 0 Å². The second-order valence-corrected chi connectivity index (χ2v) is 7.70. The van der Waals surface area contributed by atoms with Crippen molar-refractivity contribution in [3.8, 4) is 5.75 Å². The zero-order chi connectivity index (χ0) is 18.7. The normalized spacial score (nSPS) is 20.0. The average molecular weight is 395 g/mol. The fourth-order valence-corrected chi connectivity index (χ4v) is 3.98. The minimum absolute atomic E-state index is 0.0400. The molecule has 0 spiro atoms. The van der Waals surface area contributed by atoms with Gasteiger partial charge in [0.05, 0.1) is 4.91 Å². The van der Waals surface area contributed by atoms with Crippen LogP contribution in [0.25, 0.3) is 6.08 Å². The van der Waals surface area contributed by atoms with Crippen LogP contribution in [0.1, 0.15) is 31.2 Å². The maximum atomic E-state index is 12.5. The Morgan fingerprint density at radius 3 is 2.58 bits per heavy atom. The smallest absolute Gasteiger partial charge is 0.294 e. The molecular formula is C18H19ClN2O4S. The van der Waals surface area contributed by atoms with Gasteiger partial charge >= 0.3 is 0 Å². The minimum atomic E-state index is -0.525. The zero-order valence-electron chi connectivity index (χ0n) is 14.1. The number of halogens is 1. The van der Waals surface area contributed by atoms with Crippen LogP contribution in [0.5, 0.6) is 5.75 Å². The fourth-order valence-electron chi connectivity index (χ4n) is 2.97. The van der Waals surface area contributed by atoms with Crippen LogP contribution in [0.2, 0.25) is 5.02 Å². The van der Waals surface area contributed by atoms with E-state index in [9.17, 15) is 19.5 Å². The lowest BCUT2D eigenvalue weighted by Gasteiger charge is -2.22. The maximum Gasteiger partial charge on any atom is 0.294 e. The highest BCUT2D eigenvalue weighted by atomic mass is 35.5. The average Bonchev–Trinajstić information content (AvgIpc) is 2.82. The summed E-state index contributed by atoms with van der Waals surface area (Å²) in [6.07, 6.45) is 5.50. The van der Waals surface area contributed by atoms with Crippen LogP contribution in [-0.2, 0) is 9.59 Å². The molecule has 8 heteroatoms. The molecule has 0 saturated carbocycles. The highest BCUT2D eigenvalue weighted by Gasteiger charge is 2.37. The molecule has 0 aromatic heterocycles. The first-order valence-electron chi connectivity index (χ1n) is 8.47. The minimum Gasteiger partial charge on any atom is -0.507 e. The Hall–Kier alpha value is -1.99. The molecule has 2 fully saturated rings. The molecule has 138 valence electrons. The molecule has 3 amide bonds. The lowest BCUT2D eigenvalue weighted by atomic mass is 10.2. The largest absolute Gasteiger partial charge is 0.507 e. The number of thioether (sulfide) groups is 1. The molecule has 0 bridgehead atoms. The van der Waals surface area contributed by atoms with Gasteiger partial charge < -0.3 is 10.0 Å². The van der Waals surface area contributed by atoms with Crippen molar-refractivity contribution < 1.29 is 19.5 Å². The quantitative estimate of drug-likeness (QED) is 0.794. The van der Waals surface area contributed by atoms with Crippen molar-refractivity contribution in [2.75, 3.05) is 19.6 Å². The molecule has 1 aromatic rings.